The lowest BCUT2D eigenvalue weighted by Crippen LogP contribution is -2.58. The number of rotatable bonds is 9. The number of alkyl carbamates (subject to hydrolysis) is 1. The fourth-order valence-electron chi connectivity index (χ4n) is 7.49. The molecule has 20 heteroatoms. The number of alkyl halides is 3. The maximum atomic E-state index is 14.6. The van der Waals surface area contributed by atoms with Crippen LogP contribution in [0, 0.1) is 5.92 Å². The molecule has 2 saturated carbocycles. The van der Waals surface area contributed by atoms with Crippen LogP contribution < -0.4 is 29.6 Å². The topological polar surface area (TPSA) is 192 Å². The molecule has 3 N–H and O–H groups in total. The van der Waals surface area contributed by atoms with Crippen LogP contribution in [0.25, 0.3) is 22.0 Å². The quantitative estimate of drug-likeness (QED) is 0.225. The minimum atomic E-state index is -4.88. The molecule has 62 heavy (non-hydrogen) atoms. The summed E-state index contributed by atoms with van der Waals surface area (Å²) in [4.78, 5) is 62.1. The Labute approximate surface area is 360 Å². The molecule has 4 aliphatic rings. The first-order valence-electron chi connectivity index (χ1n) is 20.2. The van der Waals surface area contributed by atoms with Gasteiger partial charge in [-0.3, -0.25) is 19.1 Å². The van der Waals surface area contributed by atoms with Crippen LogP contribution in [0.1, 0.15) is 59.3 Å². The third kappa shape index (κ3) is 10.7. The van der Waals surface area contributed by atoms with Crippen LogP contribution in [0.2, 0.25) is 0 Å². The van der Waals surface area contributed by atoms with E-state index in [0.29, 0.717) is 59.2 Å². The molecule has 1 saturated heterocycles. The minimum Gasteiger partial charge on any atom is -0.497 e. The van der Waals surface area contributed by atoms with Gasteiger partial charge in [0, 0.05) is 29.0 Å². The Balaban J connectivity index is 1.23. The van der Waals surface area contributed by atoms with Crippen molar-refractivity contribution in [1.29, 1.82) is 0 Å². The van der Waals surface area contributed by atoms with E-state index < -0.39 is 86.4 Å². The zero-order chi connectivity index (χ0) is 44.6. The zero-order valence-electron chi connectivity index (χ0n) is 34.5. The number of allylic oxidation sites excluding steroid dienone is 1. The Hall–Kier alpha value is -5.24. The molecule has 0 spiro atoms. The molecule has 5 atom stereocenters. The van der Waals surface area contributed by atoms with Gasteiger partial charge in [0.25, 0.3) is 5.91 Å². The average Bonchev–Trinajstić information content (AvgIpc) is 4.12. The lowest BCUT2D eigenvalue weighted by Gasteiger charge is -2.30. The third-order valence-corrected chi connectivity index (χ3v) is 13.7. The van der Waals surface area contributed by atoms with Crippen LogP contribution in [0.15, 0.2) is 60.7 Å². The van der Waals surface area contributed by atoms with E-state index in [4.69, 9.17) is 19.2 Å². The molecule has 3 heterocycles. The minimum absolute atomic E-state index is 0.0869. The van der Waals surface area contributed by atoms with Crippen molar-refractivity contribution in [1.82, 2.24) is 25.2 Å². The molecule has 2 aliphatic heterocycles. The smallest absolute Gasteiger partial charge is 0.497 e. The van der Waals surface area contributed by atoms with Gasteiger partial charge in [-0.05, 0) is 113 Å². The number of nitrogens with one attached hydrogen (secondary N) is 3. The van der Waals surface area contributed by atoms with Gasteiger partial charge in [-0.25, -0.2) is 18.2 Å². The number of amides is 4. The number of carbonyl (C=O) groups is 4. The predicted molar refractivity (Wildman–Crippen MR) is 223 cm³/mol. The number of sulfonamides is 1. The standard InChI is InChI=1S/C42H48F3N5O10S2/c1-40(2,3)60-39(54)47-33-23-61-17-7-5-6-8-26-21-41(26,38(53)49-62(55,56)30-14-15-30)48-35(51)34-20-29(22-50(34)37(33)52)58-36-31-16-13-28(57-4)18-25(31)19-32(46-36)24-9-11-27(12-10-24)59-42(43,44)45/h6,8-13,16,18-19,26,29-30,33-34H,5,7,14-15,17,20-23H2,1-4H3,(H,47,54)(H,48,51)(H,49,53)/b8-6-/t26-,29-,33+,34+,41-/m1/s1. The van der Waals surface area contributed by atoms with Gasteiger partial charge in [0.1, 0.15) is 40.8 Å². The molecular weight excluding hydrogens is 856 g/mol. The average molecular weight is 904 g/mol. The van der Waals surface area contributed by atoms with Crippen molar-refractivity contribution in [2.24, 2.45) is 5.92 Å². The van der Waals surface area contributed by atoms with Crippen LogP contribution in [0.3, 0.4) is 0 Å². The molecule has 15 nitrogen and oxygen atoms in total. The highest BCUT2D eigenvalue weighted by molar-refractivity contribution is 7.99. The first-order chi connectivity index (χ1) is 29.2. The Bertz CT molecular complexity index is 2350. The highest BCUT2D eigenvalue weighted by Crippen LogP contribution is 2.46. The number of benzene rings is 2. The van der Waals surface area contributed by atoms with Crippen molar-refractivity contribution in [2.45, 2.75) is 100 Å². The van der Waals surface area contributed by atoms with Crippen molar-refractivity contribution in [2.75, 3.05) is 25.2 Å². The van der Waals surface area contributed by atoms with Crippen molar-refractivity contribution in [3.63, 3.8) is 0 Å². The molecule has 3 aromatic rings. The molecule has 0 radical (unpaired) electrons. The largest absolute Gasteiger partial charge is 0.573 e. The van der Waals surface area contributed by atoms with Crippen LogP contribution >= 0.6 is 11.8 Å². The SMILES string of the molecule is COc1ccc2c(O[C@@H]3C[C@H]4C(=O)N[C@]5(C(=O)NS(=O)(=O)C6CC6)C[C@H]5/C=C\CCCSC[C@H](NC(=O)OC(C)(C)C)C(=O)N4C3)nc(-c3ccc(OC(F)(F)F)cc3)cc2c1. The molecule has 2 aliphatic carbocycles. The summed E-state index contributed by atoms with van der Waals surface area (Å²) in [6.45, 7) is 4.88. The summed E-state index contributed by atoms with van der Waals surface area (Å²) in [5.74, 6) is -1.78. The van der Waals surface area contributed by atoms with Crippen LogP contribution in [0.4, 0.5) is 18.0 Å². The summed E-state index contributed by atoms with van der Waals surface area (Å²) in [6, 6.07) is 9.57. The summed E-state index contributed by atoms with van der Waals surface area (Å²) in [5.41, 5.74) is -1.73. The number of thioether (sulfide) groups is 1. The van der Waals surface area contributed by atoms with E-state index in [0.717, 1.165) is 12.1 Å². The number of nitrogens with zero attached hydrogens (tertiary/aromatic N) is 2. The number of hydrogen-bond acceptors (Lipinski definition) is 12. The van der Waals surface area contributed by atoms with Gasteiger partial charge >= 0.3 is 12.5 Å². The second kappa shape index (κ2) is 17.5. The summed E-state index contributed by atoms with van der Waals surface area (Å²) in [5, 5.41) is 5.95. The van der Waals surface area contributed by atoms with Gasteiger partial charge in [-0.1, -0.05) is 12.2 Å². The van der Waals surface area contributed by atoms with Gasteiger partial charge in [0.05, 0.1) is 24.6 Å². The summed E-state index contributed by atoms with van der Waals surface area (Å²) in [7, 11) is -2.48. The molecule has 1 aromatic heterocycles. The van der Waals surface area contributed by atoms with E-state index in [2.05, 4.69) is 20.1 Å². The molecule has 334 valence electrons. The van der Waals surface area contributed by atoms with Crippen LogP contribution in [-0.2, 0) is 29.1 Å². The third-order valence-electron chi connectivity index (χ3n) is 10.8. The fourth-order valence-corrected chi connectivity index (χ4v) is 9.85. The monoisotopic (exact) mass is 903 g/mol. The van der Waals surface area contributed by atoms with E-state index in [1.165, 1.54) is 35.9 Å². The lowest BCUT2D eigenvalue weighted by atomic mass is 10.1. The number of fused-ring (bicyclic) bond motifs is 3. The number of methoxy groups -OCH3 is 1. The van der Waals surface area contributed by atoms with Crippen molar-refractivity contribution < 1.29 is 59.7 Å². The van der Waals surface area contributed by atoms with E-state index in [1.54, 1.807) is 51.1 Å². The molecule has 4 amide bonds. The van der Waals surface area contributed by atoms with Crippen molar-refractivity contribution in [3.05, 3.63) is 60.7 Å². The normalized spacial score (nSPS) is 25.2. The second-order valence-electron chi connectivity index (χ2n) is 16.7. The van der Waals surface area contributed by atoms with Gasteiger partial charge in [0.2, 0.25) is 27.7 Å². The van der Waals surface area contributed by atoms with E-state index in [1.807, 2.05) is 6.08 Å². The van der Waals surface area contributed by atoms with E-state index in [9.17, 15) is 40.8 Å². The summed E-state index contributed by atoms with van der Waals surface area (Å²) >= 11 is 1.43. The number of halogens is 3. The second-order valence-corrected chi connectivity index (χ2v) is 19.9. The van der Waals surface area contributed by atoms with Gasteiger partial charge in [-0.2, -0.15) is 11.8 Å². The Morgan fingerprint density at radius 2 is 1.76 bits per heavy atom. The first kappa shape index (κ1) is 44.8. The van der Waals surface area contributed by atoms with Gasteiger partial charge in [-0.15, -0.1) is 13.2 Å². The van der Waals surface area contributed by atoms with Gasteiger partial charge in [0.15, 0.2) is 0 Å². The van der Waals surface area contributed by atoms with Crippen molar-refractivity contribution in [3.8, 4) is 28.6 Å². The van der Waals surface area contributed by atoms with Gasteiger partial charge < -0.3 is 34.5 Å². The number of hydrogen-bond donors (Lipinski definition) is 3. The summed E-state index contributed by atoms with van der Waals surface area (Å²) < 4.78 is 88.2. The highest BCUT2D eigenvalue weighted by Gasteiger charge is 2.62. The molecular formula is C42H48F3N5O10S2. The number of carbonyl (C=O) groups excluding carboxylic acids is 4. The molecule has 0 unspecified atom stereocenters. The number of ether oxygens (including phenoxy) is 4. The highest BCUT2D eigenvalue weighted by atomic mass is 32.2. The molecule has 0 bridgehead atoms. The molecule has 7 rings (SSSR count). The Morgan fingerprint density at radius 1 is 1.03 bits per heavy atom. The maximum absolute atomic E-state index is 14.6. The maximum Gasteiger partial charge on any atom is 0.573 e. The number of pyridine rings is 1. The lowest BCUT2D eigenvalue weighted by molar-refractivity contribution is -0.274. The zero-order valence-corrected chi connectivity index (χ0v) is 36.1. The predicted octanol–water partition coefficient (Wildman–Crippen LogP) is 5.62. The Morgan fingerprint density at radius 3 is 2.44 bits per heavy atom. The van der Waals surface area contributed by atoms with E-state index in [-0.39, 0.29) is 31.0 Å². The van der Waals surface area contributed by atoms with Crippen molar-refractivity contribution >= 4 is 56.4 Å². The first-order valence-corrected chi connectivity index (χ1v) is 22.9. The van der Waals surface area contributed by atoms with Crippen LogP contribution in [0.5, 0.6) is 17.4 Å². The molecule has 3 fully saturated rings. The Kier molecular flexibility index (Phi) is 12.6. The summed E-state index contributed by atoms with van der Waals surface area (Å²) in [6.07, 6.45) is -0.721. The number of aromatic nitrogens is 1. The fraction of sp³-hybridized carbons (Fsp3) is 0.500. The molecule has 2 aromatic carbocycles. The van der Waals surface area contributed by atoms with E-state index >= 15 is 0 Å². The van der Waals surface area contributed by atoms with Crippen LogP contribution in [-0.4, -0.2) is 108 Å².